The van der Waals surface area contributed by atoms with Crippen LogP contribution in [0.2, 0.25) is 0 Å². The molecule has 0 bridgehead atoms. The molecule has 0 aliphatic heterocycles. The molecule has 2 atom stereocenters. The van der Waals surface area contributed by atoms with Crippen LogP contribution in [0.3, 0.4) is 0 Å². The summed E-state index contributed by atoms with van der Waals surface area (Å²) in [5, 5.41) is 5.09. The average molecular weight is 306 g/mol. The summed E-state index contributed by atoms with van der Waals surface area (Å²) in [6.07, 6.45) is 1.07. The second-order valence-electron chi connectivity index (χ2n) is 5.29. The molecule has 0 saturated heterocycles. The number of amides is 2. The fourth-order valence-corrected chi connectivity index (χ4v) is 1.98. The SMILES string of the molecule is COC(=O)C(NC(=O)N[C@H](C=O)Cc1ccccc1)C(C)C. The van der Waals surface area contributed by atoms with Gasteiger partial charge in [0.05, 0.1) is 13.2 Å². The zero-order valence-electron chi connectivity index (χ0n) is 13.0. The number of esters is 1. The second kappa shape index (κ2) is 8.81. The Morgan fingerprint density at radius 1 is 1.18 bits per heavy atom. The third kappa shape index (κ3) is 5.55. The van der Waals surface area contributed by atoms with E-state index in [0.717, 1.165) is 5.56 Å². The first-order valence-electron chi connectivity index (χ1n) is 7.12. The summed E-state index contributed by atoms with van der Waals surface area (Å²) in [7, 11) is 1.26. The van der Waals surface area contributed by atoms with E-state index in [1.165, 1.54) is 7.11 Å². The van der Waals surface area contributed by atoms with Gasteiger partial charge < -0.3 is 20.2 Å². The highest BCUT2D eigenvalue weighted by Crippen LogP contribution is 2.04. The molecule has 0 fully saturated rings. The minimum Gasteiger partial charge on any atom is -0.467 e. The van der Waals surface area contributed by atoms with Crippen LogP contribution in [-0.2, 0) is 20.7 Å². The lowest BCUT2D eigenvalue weighted by Gasteiger charge is -2.21. The van der Waals surface area contributed by atoms with Crippen LogP contribution in [-0.4, -0.2) is 37.5 Å². The summed E-state index contributed by atoms with van der Waals surface area (Å²) in [4.78, 5) is 34.7. The van der Waals surface area contributed by atoms with Crippen LogP contribution in [0.4, 0.5) is 4.79 Å². The number of hydrogen-bond donors (Lipinski definition) is 2. The Labute approximate surface area is 130 Å². The van der Waals surface area contributed by atoms with E-state index >= 15 is 0 Å². The van der Waals surface area contributed by atoms with Gasteiger partial charge in [-0.15, -0.1) is 0 Å². The fraction of sp³-hybridized carbons (Fsp3) is 0.438. The largest absolute Gasteiger partial charge is 0.467 e. The Kier molecular flexibility index (Phi) is 7.08. The van der Waals surface area contributed by atoms with Crippen molar-refractivity contribution in [2.45, 2.75) is 32.4 Å². The number of ether oxygens (including phenoxy) is 1. The number of nitrogens with one attached hydrogen (secondary N) is 2. The van der Waals surface area contributed by atoms with Crippen LogP contribution in [0, 0.1) is 5.92 Å². The van der Waals surface area contributed by atoms with Crippen molar-refractivity contribution < 1.29 is 19.1 Å². The van der Waals surface area contributed by atoms with Gasteiger partial charge in [0.1, 0.15) is 12.3 Å². The maximum Gasteiger partial charge on any atom is 0.328 e. The molecular formula is C16H22N2O4. The van der Waals surface area contributed by atoms with E-state index < -0.39 is 24.1 Å². The predicted octanol–water partition coefficient (Wildman–Crippen LogP) is 1.29. The highest BCUT2D eigenvalue weighted by Gasteiger charge is 2.25. The Morgan fingerprint density at radius 3 is 2.32 bits per heavy atom. The van der Waals surface area contributed by atoms with Crippen LogP contribution in [0.25, 0.3) is 0 Å². The minimum absolute atomic E-state index is 0.123. The van der Waals surface area contributed by atoms with Gasteiger partial charge in [0, 0.05) is 0 Å². The fourth-order valence-electron chi connectivity index (χ4n) is 1.98. The van der Waals surface area contributed by atoms with Crippen molar-refractivity contribution >= 4 is 18.3 Å². The van der Waals surface area contributed by atoms with Gasteiger partial charge in [-0.05, 0) is 17.9 Å². The maximum absolute atomic E-state index is 11.9. The highest BCUT2D eigenvalue weighted by molar-refractivity contribution is 5.85. The van der Waals surface area contributed by atoms with Crippen LogP contribution in [0.15, 0.2) is 30.3 Å². The minimum atomic E-state index is -0.756. The van der Waals surface area contributed by atoms with E-state index in [0.29, 0.717) is 12.7 Å². The Hall–Kier alpha value is -2.37. The van der Waals surface area contributed by atoms with E-state index in [-0.39, 0.29) is 5.92 Å². The predicted molar refractivity (Wildman–Crippen MR) is 82.3 cm³/mol. The number of benzene rings is 1. The van der Waals surface area contributed by atoms with Gasteiger partial charge in [-0.2, -0.15) is 0 Å². The first-order chi connectivity index (χ1) is 10.5. The Morgan fingerprint density at radius 2 is 1.82 bits per heavy atom. The zero-order chi connectivity index (χ0) is 16.5. The number of hydrogen-bond acceptors (Lipinski definition) is 4. The second-order valence-corrected chi connectivity index (χ2v) is 5.29. The molecule has 0 aromatic heterocycles. The quantitative estimate of drug-likeness (QED) is 0.587. The van der Waals surface area contributed by atoms with Crippen LogP contribution in [0.1, 0.15) is 19.4 Å². The molecule has 1 aromatic carbocycles. The molecule has 0 radical (unpaired) electrons. The van der Waals surface area contributed by atoms with Gasteiger partial charge in [0.15, 0.2) is 0 Å². The van der Waals surface area contributed by atoms with E-state index in [9.17, 15) is 14.4 Å². The van der Waals surface area contributed by atoms with Crippen molar-refractivity contribution in [2.75, 3.05) is 7.11 Å². The Bertz CT molecular complexity index is 502. The summed E-state index contributed by atoms with van der Waals surface area (Å²) in [5.74, 6) is -0.641. The smallest absolute Gasteiger partial charge is 0.328 e. The molecule has 2 N–H and O–H groups in total. The molecule has 6 heteroatoms. The number of methoxy groups -OCH3 is 1. The molecule has 1 unspecified atom stereocenters. The molecule has 0 spiro atoms. The molecule has 6 nitrogen and oxygen atoms in total. The van der Waals surface area contributed by atoms with Gasteiger partial charge in [-0.1, -0.05) is 44.2 Å². The van der Waals surface area contributed by atoms with Crippen molar-refractivity contribution in [1.29, 1.82) is 0 Å². The molecule has 0 aliphatic rings. The van der Waals surface area contributed by atoms with Crippen molar-refractivity contribution in [3.63, 3.8) is 0 Å². The number of urea groups is 1. The standard InChI is InChI=1S/C16H22N2O4/c1-11(2)14(15(20)22-3)18-16(21)17-13(10-19)9-12-7-5-4-6-8-12/h4-8,10-11,13-14H,9H2,1-3H3,(H2,17,18,21)/t13-,14?/m0/s1. The Balaban J connectivity index is 2.61. The molecule has 120 valence electrons. The summed E-state index contributed by atoms with van der Waals surface area (Å²) in [5.41, 5.74) is 0.938. The summed E-state index contributed by atoms with van der Waals surface area (Å²) in [6.45, 7) is 3.59. The van der Waals surface area contributed by atoms with E-state index in [2.05, 4.69) is 15.4 Å². The lowest BCUT2D eigenvalue weighted by Crippen LogP contribution is -2.52. The monoisotopic (exact) mass is 306 g/mol. The zero-order valence-corrected chi connectivity index (χ0v) is 13.0. The third-order valence-electron chi connectivity index (χ3n) is 3.19. The third-order valence-corrected chi connectivity index (χ3v) is 3.19. The van der Waals surface area contributed by atoms with E-state index in [1.807, 2.05) is 30.3 Å². The van der Waals surface area contributed by atoms with Crippen LogP contribution < -0.4 is 10.6 Å². The number of carbonyl (C=O) groups is 3. The van der Waals surface area contributed by atoms with Crippen LogP contribution in [0.5, 0.6) is 0 Å². The first-order valence-corrected chi connectivity index (χ1v) is 7.12. The molecule has 0 saturated carbocycles. The van der Waals surface area contributed by atoms with Gasteiger partial charge in [-0.25, -0.2) is 9.59 Å². The van der Waals surface area contributed by atoms with Crippen molar-refractivity contribution in [3.8, 4) is 0 Å². The molecule has 1 aromatic rings. The molecule has 1 rings (SSSR count). The lowest BCUT2D eigenvalue weighted by molar-refractivity contribution is -0.143. The lowest BCUT2D eigenvalue weighted by atomic mass is 10.0. The molecular weight excluding hydrogens is 284 g/mol. The van der Waals surface area contributed by atoms with Gasteiger partial charge in [-0.3, -0.25) is 0 Å². The summed E-state index contributed by atoms with van der Waals surface area (Å²) < 4.78 is 4.65. The normalized spacial score (nSPS) is 13.1. The highest BCUT2D eigenvalue weighted by atomic mass is 16.5. The number of rotatable bonds is 7. The van der Waals surface area contributed by atoms with Crippen LogP contribution >= 0.6 is 0 Å². The summed E-state index contributed by atoms with van der Waals surface area (Å²) >= 11 is 0. The molecule has 2 amide bonds. The molecule has 0 aliphatic carbocycles. The van der Waals surface area contributed by atoms with Gasteiger partial charge in [0.2, 0.25) is 0 Å². The van der Waals surface area contributed by atoms with Crippen molar-refractivity contribution in [1.82, 2.24) is 10.6 Å². The van der Waals surface area contributed by atoms with Gasteiger partial charge >= 0.3 is 12.0 Å². The molecule has 0 heterocycles. The maximum atomic E-state index is 11.9. The first kappa shape index (κ1) is 17.7. The summed E-state index contributed by atoms with van der Waals surface area (Å²) in [6, 6.07) is 7.37. The van der Waals surface area contributed by atoms with E-state index in [1.54, 1.807) is 13.8 Å². The van der Waals surface area contributed by atoms with E-state index in [4.69, 9.17) is 0 Å². The topological polar surface area (TPSA) is 84.5 Å². The number of aldehydes is 1. The van der Waals surface area contributed by atoms with Crippen molar-refractivity contribution in [2.24, 2.45) is 5.92 Å². The van der Waals surface area contributed by atoms with Crippen molar-refractivity contribution in [3.05, 3.63) is 35.9 Å². The van der Waals surface area contributed by atoms with Gasteiger partial charge in [0.25, 0.3) is 0 Å². The molecule has 22 heavy (non-hydrogen) atoms. The average Bonchev–Trinajstić information content (AvgIpc) is 2.51. The number of carbonyl (C=O) groups excluding carboxylic acids is 3.